The maximum absolute atomic E-state index is 12.3. The molecule has 0 fully saturated rings. The Hall–Kier alpha value is -2.12. The summed E-state index contributed by atoms with van der Waals surface area (Å²) in [7, 11) is 0. The van der Waals surface area contributed by atoms with Gasteiger partial charge in [0.05, 0.1) is 29.4 Å². The number of hydrogen-bond donors (Lipinski definition) is 2. The van der Waals surface area contributed by atoms with E-state index in [1.807, 2.05) is 0 Å². The molecule has 4 nitrogen and oxygen atoms in total. The number of anilines is 2. The lowest BCUT2D eigenvalue weighted by molar-refractivity contribution is -0.116. The van der Waals surface area contributed by atoms with Gasteiger partial charge in [-0.3, -0.25) is 4.79 Å². The predicted molar refractivity (Wildman–Crippen MR) is 96.2 cm³/mol. The number of nitrogens with one attached hydrogen (secondary N) is 2. The fourth-order valence-electron chi connectivity index (χ4n) is 2.00. The summed E-state index contributed by atoms with van der Waals surface area (Å²) in [5, 5.41) is 5.38. The number of carbonyl (C=O) groups excluding carboxylic acids is 1. The van der Waals surface area contributed by atoms with Gasteiger partial charge in [0.2, 0.25) is 5.91 Å². The molecular weight excluding hydrogens is 392 g/mol. The minimum Gasteiger partial charge on any atom is -0.491 e. The van der Waals surface area contributed by atoms with Crippen LogP contribution in [0.5, 0.6) is 5.75 Å². The number of alkyl halides is 3. The zero-order valence-electron chi connectivity index (χ0n) is 13.4. The van der Waals surface area contributed by atoms with E-state index in [2.05, 4.69) is 10.6 Å². The normalized spacial score (nSPS) is 11.1. The van der Waals surface area contributed by atoms with Gasteiger partial charge in [-0.2, -0.15) is 13.2 Å². The molecule has 1 amide bonds. The van der Waals surface area contributed by atoms with E-state index in [0.717, 1.165) is 0 Å². The van der Waals surface area contributed by atoms with Gasteiger partial charge < -0.3 is 15.4 Å². The topological polar surface area (TPSA) is 50.4 Å². The Bertz CT molecular complexity index is 770. The Morgan fingerprint density at radius 2 is 1.73 bits per heavy atom. The zero-order valence-corrected chi connectivity index (χ0v) is 14.9. The van der Waals surface area contributed by atoms with Crippen molar-refractivity contribution in [3.63, 3.8) is 0 Å². The average molecular weight is 407 g/mol. The SMILES string of the molecule is O=C(CCOc1cccc(Cl)c1Cl)Nc1ccccc1NCC(F)(F)F. The van der Waals surface area contributed by atoms with Crippen LogP contribution in [-0.4, -0.2) is 25.2 Å². The molecule has 26 heavy (non-hydrogen) atoms. The maximum Gasteiger partial charge on any atom is 0.405 e. The summed E-state index contributed by atoms with van der Waals surface area (Å²) in [6.45, 7) is -1.17. The molecule has 0 aromatic heterocycles. The summed E-state index contributed by atoms with van der Waals surface area (Å²) >= 11 is 11.8. The highest BCUT2D eigenvalue weighted by molar-refractivity contribution is 6.42. The van der Waals surface area contributed by atoms with Crippen molar-refractivity contribution in [1.82, 2.24) is 0 Å². The van der Waals surface area contributed by atoms with Crippen molar-refractivity contribution in [2.24, 2.45) is 0 Å². The number of hydrogen-bond acceptors (Lipinski definition) is 3. The van der Waals surface area contributed by atoms with Crippen LogP contribution < -0.4 is 15.4 Å². The molecular formula is C17H15Cl2F3N2O2. The van der Waals surface area contributed by atoms with Gasteiger partial charge in [-0.1, -0.05) is 41.4 Å². The highest BCUT2D eigenvalue weighted by Crippen LogP contribution is 2.31. The molecule has 0 spiro atoms. The van der Waals surface area contributed by atoms with E-state index < -0.39 is 18.6 Å². The van der Waals surface area contributed by atoms with Crippen LogP contribution in [0, 0.1) is 0 Å². The lowest BCUT2D eigenvalue weighted by Gasteiger charge is -2.14. The largest absolute Gasteiger partial charge is 0.491 e. The molecule has 0 unspecified atom stereocenters. The molecule has 9 heteroatoms. The molecule has 140 valence electrons. The number of halogens is 5. The van der Waals surface area contributed by atoms with E-state index in [-0.39, 0.29) is 29.4 Å². The van der Waals surface area contributed by atoms with Crippen LogP contribution in [-0.2, 0) is 4.79 Å². The minimum atomic E-state index is -4.36. The molecule has 0 aliphatic heterocycles. The summed E-state index contributed by atoms with van der Waals surface area (Å²) in [6, 6.07) is 11.0. The van der Waals surface area contributed by atoms with Gasteiger partial charge >= 0.3 is 6.18 Å². The first-order valence-electron chi connectivity index (χ1n) is 7.52. The van der Waals surface area contributed by atoms with E-state index in [1.54, 1.807) is 30.3 Å². The molecule has 0 aliphatic carbocycles. The first-order valence-corrected chi connectivity index (χ1v) is 8.28. The second-order valence-electron chi connectivity index (χ2n) is 5.21. The first kappa shape index (κ1) is 20.2. The summed E-state index contributed by atoms with van der Waals surface area (Å²) in [5.41, 5.74) is 0.430. The van der Waals surface area contributed by atoms with E-state index in [9.17, 15) is 18.0 Å². The summed E-state index contributed by atoms with van der Waals surface area (Å²) in [4.78, 5) is 12.0. The average Bonchev–Trinajstić information content (AvgIpc) is 2.57. The first-order chi connectivity index (χ1) is 12.3. The molecule has 0 saturated carbocycles. The van der Waals surface area contributed by atoms with Crippen LogP contribution in [0.15, 0.2) is 42.5 Å². The fraction of sp³-hybridized carbons (Fsp3) is 0.235. The van der Waals surface area contributed by atoms with Gasteiger partial charge in [-0.15, -0.1) is 0 Å². The van der Waals surface area contributed by atoms with Crippen molar-refractivity contribution in [3.8, 4) is 5.75 Å². The molecule has 2 aromatic rings. The van der Waals surface area contributed by atoms with Gasteiger partial charge in [0, 0.05) is 0 Å². The monoisotopic (exact) mass is 406 g/mol. The van der Waals surface area contributed by atoms with Crippen LogP contribution in [0.4, 0.5) is 24.5 Å². The Morgan fingerprint density at radius 3 is 2.42 bits per heavy atom. The van der Waals surface area contributed by atoms with Crippen LogP contribution in [0.3, 0.4) is 0 Å². The highest BCUT2D eigenvalue weighted by atomic mass is 35.5. The lowest BCUT2D eigenvalue weighted by Crippen LogP contribution is -2.22. The number of ether oxygens (including phenoxy) is 1. The summed E-state index contributed by atoms with van der Waals surface area (Å²) in [6.07, 6.45) is -4.38. The Balaban J connectivity index is 1.89. The van der Waals surface area contributed by atoms with Gasteiger partial charge in [-0.25, -0.2) is 0 Å². The quantitative estimate of drug-likeness (QED) is 0.649. The molecule has 0 aliphatic rings. The second-order valence-corrected chi connectivity index (χ2v) is 6.00. The second kappa shape index (κ2) is 9.00. The molecule has 0 saturated heterocycles. The van der Waals surface area contributed by atoms with Gasteiger partial charge in [0.15, 0.2) is 0 Å². The Kier molecular flexibility index (Phi) is 6.99. The van der Waals surface area contributed by atoms with Gasteiger partial charge in [-0.05, 0) is 24.3 Å². The number of carbonyl (C=O) groups is 1. The highest BCUT2D eigenvalue weighted by Gasteiger charge is 2.27. The smallest absolute Gasteiger partial charge is 0.405 e. The standard InChI is InChI=1S/C17H15Cl2F3N2O2/c18-11-4-3-7-14(16(11)19)26-9-8-15(25)24-13-6-2-1-5-12(13)23-10-17(20,21)22/h1-7,23H,8-10H2,(H,24,25). The minimum absolute atomic E-state index is 0.0174. The van der Waals surface area contributed by atoms with Crippen molar-refractivity contribution in [3.05, 3.63) is 52.5 Å². The number of benzene rings is 2. The molecule has 2 rings (SSSR count). The van der Waals surface area contributed by atoms with E-state index in [4.69, 9.17) is 27.9 Å². The van der Waals surface area contributed by atoms with Crippen LogP contribution in [0.25, 0.3) is 0 Å². The summed E-state index contributed by atoms with van der Waals surface area (Å²) in [5.74, 6) is -0.0661. The maximum atomic E-state index is 12.3. The van der Waals surface area contributed by atoms with Crippen molar-refractivity contribution < 1.29 is 22.7 Å². The van der Waals surface area contributed by atoms with Crippen LogP contribution in [0.1, 0.15) is 6.42 Å². The molecule has 0 atom stereocenters. The van der Waals surface area contributed by atoms with Crippen molar-refractivity contribution in [2.45, 2.75) is 12.6 Å². The zero-order chi connectivity index (χ0) is 19.2. The van der Waals surface area contributed by atoms with Crippen molar-refractivity contribution in [1.29, 1.82) is 0 Å². The van der Waals surface area contributed by atoms with Crippen LogP contribution in [0.2, 0.25) is 10.0 Å². The van der Waals surface area contributed by atoms with Crippen molar-refractivity contribution >= 4 is 40.5 Å². The number of para-hydroxylation sites is 2. The third-order valence-electron chi connectivity index (χ3n) is 3.18. The van der Waals surface area contributed by atoms with Crippen LogP contribution >= 0.6 is 23.2 Å². The Labute approximate surface area is 158 Å². The molecule has 2 N–H and O–H groups in total. The number of rotatable bonds is 7. The predicted octanol–water partition coefficient (Wildman–Crippen LogP) is 5.38. The third-order valence-corrected chi connectivity index (χ3v) is 3.98. The lowest BCUT2D eigenvalue weighted by atomic mass is 10.2. The molecule has 0 radical (unpaired) electrons. The van der Waals surface area contributed by atoms with E-state index in [1.165, 1.54) is 12.1 Å². The molecule has 0 heterocycles. The fourth-order valence-corrected chi connectivity index (χ4v) is 2.35. The molecule has 2 aromatic carbocycles. The Morgan fingerprint density at radius 1 is 1.04 bits per heavy atom. The van der Waals surface area contributed by atoms with Gasteiger partial charge in [0.25, 0.3) is 0 Å². The summed E-state index contributed by atoms with van der Waals surface area (Å²) < 4.78 is 42.4. The van der Waals surface area contributed by atoms with Crippen molar-refractivity contribution in [2.75, 3.05) is 23.8 Å². The van der Waals surface area contributed by atoms with Gasteiger partial charge in [0.1, 0.15) is 17.3 Å². The number of amides is 1. The third kappa shape index (κ3) is 6.31. The van der Waals surface area contributed by atoms with E-state index in [0.29, 0.717) is 10.8 Å². The van der Waals surface area contributed by atoms with E-state index >= 15 is 0 Å². The molecule has 0 bridgehead atoms.